The van der Waals surface area contributed by atoms with E-state index in [1.807, 2.05) is 67.6 Å². The first-order valence-corrected chi connectivity index (χ1v) is 15.1. The summed E-state index contributed by atoms with van der Waals surface area (Å²) in [7, 11) is -2.89. The van der Waals surface area contributed by atoms with Gasteiger partial charge in [-0.2, -0.15) is 0 Å². The van der Waals surface area contributed by atoms with E-state index >= 15 is 0 Å². The second-order valence-corrected chi connectivity index (χ2v) is 15.5. The highest BCUT2D eigenvalue weighted by molar-refractivity contribution is 7.99. The van der Waals surface area contributed by atoms with Gasteiger partial charge in [0, 0.05) is 18.7 Å². The van der Waals surface area contributed by atoms with Crippen LogP contribution < -0.4 is 10.4 Å². The lowest BCUT2D eigenvalue weighted by Gasteiger charge is -2.44. The molecule has 0 aliphatic carbocycles. The summed E-state index contributed by atoms with van der Waals surface area (Å²) < 4.78 is 18.4. The van der Waals surface area contributed by atoms with E-state index in [0.29, 0.717) is 0 Å². The first-order valence-electron chi connectivity index (χ1n) is 12.4. The fraction of sp³-hybridized carbons (Fsp3) is 0.333. The summed E-state index contributed by atoms with van der Waals surface area (Å²) in [6.07, 6.45) is -0.811. The third-order valence-electron chi connectivity index (χ3n) is 6.06. The van der Waals surface area contributed by atoms with Crippen LogP contribution in [-0.2, 0) is 23.5 Å². The van der Waals surface area contributed by atoms with Gasteiger partial charge in [-0.1, -0.05) is 111 Å². The number of esters is 2. The Morgan fingerprint density at radius 2 is 1.35 bits per heavy atom. The van der Waals surface area contributed by atoms with E-state index in [4.69, 9.17) is 13.9 Å². The minimum Gasteiger partial charge on any atom is -0.455 e. The molecule has 0 N–H and O–H groups in total. The van der Waals surface area contributed by atoms with Crippen LogP contribution in [0.1, 0.15) is 40.2 Å². The molecule has 2 atom stereocenters. The van der Waals surface area contributed by atoms with Crippen molar-refractivity contribution in [2.45, 2.75) is 63.0 Å². The lowest BCUT2D eigenvalue weighted by molar-refractivity contribution is -0.160. The molecule has 0 bridgehead atoms. The van der Waals surface area contributed by atoms with Crippen molar-refractivity contribution in [3.05, 3.63) is 90.5 Å². The van der Waals surface area contributed by atoms with Crippen molar-refractivity contribution in [1.29, 1.82) is 0 Å². The Kier molecular flexibility index (Phi) is 9.76. The predicted molar refractivity (Wildman–Crippen MR) is 152 cm³/mol. The Bertz CT molecular complexity index is 1120. The van der Waals surface area contributed by atoms with Crippen molar-refractivity contribution in [1.82, 2.24) is 0 Å². The maximum atomic E-state index is 12.2. The van der Waals surface area contributed by atoms with E-state index in [1.165, 1.54) is 25.6 Å². The average Bonchev–Trinajstić information content (AvgIpc) is 2.84. The SMILES string of the molecule is CC(=O)OC(Sc1ccc(C)cc1)[14C@H](CO[Si](c1ccccc1)(c1ccccc1)C(C)(C)C)OC(C)=O. The molecule has 196 valence electrons. The average molecular weight is 539 g/mol. The van der Waals surface area contributed by atoms with Gasteiger partial charge in [-0.3, -0.25) is 9.59 Å². The van der Waals surface area contributed by atoms with Gasteiger partial charge in [-0.15, -0.1) is 0 Å². The number of hydrogen-bond acceptors (Lipinski definition) is 6. The van der Waals surface area contributed by atoms with Crippen LogP contribution in [0.5, 0.6) is 0 Å². The van der Waals surface area contributed by atoms with Crippen LogP contribution in [0.3, 0.4) is 0 Å². The zero-order chi connectivity index (χ0) is 27.1. The Balaban J connectivity index is 2.04. The summed E-state index contributed by atoms with van der Waals surface area (Å²) >= 11 is 1.34. The van der Waals surface area contributed by atoms with Gasteiger partial charge in [0.05, 0.1) is 6.61 Å². The van der Waals surface area contributed by atoms with Crippen LogP contribution >= 0.6 is 11.8 Å². The molecule has 0 amide bonds. The predicted octanol–water partition coefficient (Wildman–Crippen LogP) is 5.48. The van der Waals surface area contributed by atoms with E-state index in [0.717, 1.165) is 20.8 Å². The van der Waals surface area contributed by atoms with Crippen LogP contribution in [0.4, 0.5) is 0 Å². The number of hydrogen-bond donors (Lipinski definition) is 0. The van der Waals surface area contributed by atoms with E-state index in [2.05, 4.69) is 45.0 Å². The fourth-order valence-corrected chi connectivity index (χ4v) is 10.0. The normalized spacial score (nSPS) is 13.5. The molecule has 0 aromatic heterocycles. The van der Waals surface area contributed by atoms with Crippen molar-refractivity contribution in [3.8, 4) is 0 Å². The van der Waals surface area contributed by atoms with Crippen molar-refractivity contribution < 1.29 is 23.5 Å². The maximum absolute atomic E-state index is 12.2. The van der Waals surface area contributed by atoms with Gasteiger partial charge in [0.15, 0.2) is 11.5 Å². The van der Waals surface area contributed by atoms with Crippen molar-refractivity contribution in [2.75, 3.05) is 6.61 Å². The van der Waals surface area contributed by atoms with E-state index in [1.54, 1.807) is 0 Å². The first-order chi connectivity index (χ1) is 17.5. The van der Waals surface area contributed by atoms with Gasteiger partial charge >= 0.3 is 11.9 Å². The number of thioether (sulfide) groups is 1. The molecular weight excluding hydrogens is 502 g/mol. The minimum absolute atomic E-state index is 0.0731. The molecule has 0 saturated heterocycles. The number of benzene rings is 3. The Hall–Kier alpha value is -2.87. The lowest BCUT2D eigenvalue weighted by Crippen LogP contribution is -2.67. The first kappa shape index (κ1) is 28.7. The molecule has 0 aliphatic heterocycles. The standard InChI is InChI=1S/C30H36O5SSi/c1-22-17-19-25(20-18-22)36-29(35-24(3)32)28(34-23(2)31)21-33-37(30(4,5)6,26-13-9-7-10-14-26)27-15-11-8-12-16-27/h7-20,28-29H,21H2,1-6H3/t28-,29?/m0/s1/i28+2. The van der Waals surface area contributed by atoms with Gasteiger partial charge in [-0.25, -0.2) is 0 Å². The molecule has 0 aliphatic rings. The van der Waals surface area contributed by atoms with Gasteiger partial charge in [0.25, 0.3) is 8.32 Å². The molecule has 3 aromatic carbocycles. The fourth-order valence-electron chi connectivity index (χ4n) is 4.44. The molecule has 7 heteroatoms. The van der Waals surface area contributed by atoms with Crippen molar-refractivity contribution in [2.24, 2.45) is 0 Å². The lowest BCUT2D eigenvalue weighted by atomic mass is 10.2. The maximum Gasteiger partial charge on any atom is 0.303 e. The molecule has 0 saturated carbocycles. The summed E-state index contributed by atoms with van der Waals surface area (Å²) in [5.74, 6) is -0.912. The Labute approximate surface area is 225 Å². The third kappa shape index (κ3) is 7.34. The van der Waals surface area contributed by atoms with Gasteiger partial charge in [-0.05, 0) is 34.5 Å². The molecule has 0 fully saturated rings. The Morgan fingerprint density at radius 3 is 1.78 bits per heavy atom. The second kappa shape index (κ2) is 12.6. The molecule has 3 aromatic rings. The number of carbonyl (C=O) groups excluding carboxylic acids is 2. The van der Waals surface area contributed by atoms with Crippen LogP contribution in [0, 0.1) is 6.92 Å². The van der Waals surface area contributed by atoms with Crippen molar-refractivity contribution >= 4 is 42.4 Å². The minimum atomic E-state index is -2.89. The number of carbonyl (C=O) groups is 2. The molecule has 0 spiro atoms. The summed E-state index contributed by atoms with van der Waals surface area (Å²) in [4.78, 5) is 25.2. The molecule has 5 nitrogen and oxygen atoms in total. The summed E-state index contributed by atoms with van der Waals surface area (Å²) in [6, 6.07) is 28.4. The van der Waals surface area contributed by atoms with Crippen LogP contribution in [-0.4, -0.2) is 38.4 Å². The van der Waals surface area contributed by atoms with Crippen LogP contribution in [0.2, 0.25) is 5.04 Å². The Morgan fingerprint density at radius 1 is 0.838 bits per heavy atom. The van der Waals surface area contributed by atoms with Crippen molar-refractivity contribution in [3.63, 3.8) is 0 Å². The van der Waals surface area contributed by atoms with Gasteiger partial charge in [0.1, 0.15) is 0 Å². The monoisotopic (exact) mass is 538 g/mol. The molecule has 0 radical (unpaired) electrons. The van der Waals surface area contributed by atoms with Crippen LogP contribution in [0.15, 0.2) is 89.8 Å². The molecular formula is C30H36O5SSi. The third-order valence-corrected chi connectivity index (χ3v) is 12.2. The quantitative estimate of drug-likeness (QED) is 0.147. The second-order valence-electron chi connectivity index (χ2n) is 10.0. The molecule has 3 rings (SSSR count). The highest BCUT2D eigenvalue weighted by Gasteiger charge is 2.51. The molecule has 1 unspecified atom stereocenters. The topological polar surface area (TPSA) is 61.8 Å². The number of rotatable bonds is 10. The number of ether oxygens (including phenoxy) is 2. The van der Waals surface area contributed by atoms with Gasteiger partial charge < -0.3 is 13.9 Å². The summed E-state index contributed by atoms with van der Waals surface area (Å²) in [5.41, 5.74) is 0.349. The van der Waals surface area contributed by atoms with Crippen LogP contribution in [0.25, 0.3) is 0 Å². The van der Waals surface area contributed by atoms with Gasteiger partial charge in [0.2, 0.25) is 0 Å². The summed E-state index contributed by atoms with van der Waals surface area (Å²) in [6.45, 7) is 11.4. The summed E-state index contributed by atoms with van der Waals surface area (Å²) in [5, 5.41) is 1.98. The highest BCUT2D eigenvalue weighted by Crippen LogP contribution is 2.37. The van der Waals surface area contributed by atoms with E-state index < -0.39 is 31.8 Å². The zero-order valence-corrected chi connectivity index (χ0v) is 24.2. The van der Waals surface area contributed by atoms with E-state index in [-0.39, 0.29) is 11.6 Å². The highest BCUT2D eigenvalue weighted by atomic mass is 32.2. The number of aryl methyl sites for hydroxylation is 1. The largest absolute Gasteiger partial charge is 0.455 e. The molecule has 0 heterocycles. The smallest absolute Gasteiger partial charge is 0.303 e. The molecule has 37 heavy (non-hydrogen) atoms. The zero-order valence-electron chi connectivity index (χ0n) is 22.4. The van der Waals surface area contributed by atoms with E-state index in [9.17, 15) is 9.59 Å².